The van der Waals surface area contributed by atoms with E-state index in [9.17, 15) is 0 Å². The zero-order valence-electron chi connectivity index (χ0n) is 10.7. The lowest BCUT2D eigenvalue weighted by Gasteiger charge is -2.24. The molecule has 0 saturated carbocycles. The van der Waals surface area contributed by atoms with Crippen LogP contribution in [0.5, 0.6) is 0 Å². The SMILES string of the molecule is C=Cc1ccc(N(CCOC)CCOC)cc1. The van der Waals surface area contributed by atoms with E-state index in [2.05, 4.69) is 35.7 Å². The molecule has 0 amide bonds. The molecule has 0 heterocycles. The van der Waals surface area contributed by atoms with Crippen molar-refractivity contribution in [1.82, 2.24) is 0 Å². The molecule has 0 aromatic heterocycles. The van der Waals surface area contributed by atoms with Crippen LogP contribution < -0.4 is 4.90 Å². The van der Waals surface area contributed by atoms with E-state index in [1.807, 2.05) is 6.08 Å². The van der Waals surface area contributed by atoms with Gasteiger partial charge in [0.05, 0.1) is 13.2 Å². The van der Waals surface area contributed by atoms with E-state index in [-0.39, 0.29) is 0 Å². The summed E-state index contributed by atoms with van der Waals surface area (Å²) in [7, 11) is 3.44. The highest BCUT2D eigenvalue weighted by atomic mass is 16.5. The number of methoxy groups -OCH3 is 2. The highest BCUT2D eigenvalue weighted by Crippen LogP contribution is 2.15. The minimum Gasteiger partial charge on any atom is -0.383 e. The fourth-order valence-corrected chi connectivity index (χ4v) is 1.59. The van der Waals surface area contributed by atoms with Crippen LogP contribution in [0.15, 0.2) is 30.8 Å². The summed E-state index contributed by atoms with van der Waals surface area (Å²) in [6.45, 7) is 6.92. The Morgan fingerprint density at radius 3 is 2.00 bits per heavy atom. The molecule has 0 aliphatic rings. The van der Waals surface area contributed by atoms with Crippen molar-refractivity contribution < 1.29 is 9.47 Å². The Hall–Kier alpha value is -1.32. The second-order valence-corrected chi connectivity index (χ2v) is 3.77. The van der Waals surface area contributed by atoms with Gasteiger partial charge in [0, 0.05) is 33.0 Å². The first-order valence-corrected chi connectivity index (χ1v) is 5.77. The summed E-state index contributed by atoms with van der Waals surface area (Å²) in [4.78, 5) is 2.25. The Labute approximate surface area is 104 Å². The molecule has 0 unspecified atom stereocenters. The molecule has 0 atom stereocenters. The summed E-state index contributed by atoms with van der Waals surface area (Å²) in [6, 6.07) is 8.33. The molecule has 0 saturated heterocycles. The van der Waals surface area contributed by atoms with Crippen molar-refractivity contribution in [2.45, 2.75) is 0 Å². The van der Waals surface area contributed by atoms with Crippen LogP contribution in [0.25, 0.3) is 6.08 Å². The van der Waals surface area contributed by atoms with Gasteiger partial charge in [0.1, 0.15) is 0 Å². The Kier molecular flexibility index (Phi) is 6.37. The normalized spacial score (nSPS) is 10.2. The summed E-state index contributed by atoms with van der Waals surface area (Å²) in [6.07, 6.45) is 1.85. The zero-order chi connectivity index (χ0) is 12.5. The van der Waals surface area contributed by atoms with Crippen molar-refractivity contribution in [1.29, 1.82) is 0 Å². The predicted molar refractivity (Wildman–Crippen MR) is 72.5 cm³/mol. The molecule has 0 spiro atoms. The monoisotopic (exact) mass is 235 g/mol. The van der Waals surface area contributed by atoms with Crippen molar-refractivity contribution >= 4 is 11.8 Å². The summed E-state index contributed by atoms with van der Waals surface area (Å²) in [5.74, 6) is 0. The first kappa shape index (κ1) is 13.7. The lowest BCUT2D eigenvalue weighted by atomic mass is 10.2. The van der Waals surface area contributed by atoms with Crippen LogP contribution in [0.2, 0.25) is 0 Å². The van der Waals surface area contributed by atoms with Gasteiger partial charge in [0.2, 0.25) is 0 Å². The summed E-state index contributed by atoms with van der Waals surface area (Å²) < 4.78 is 10.2. The van der Waals surface area contributed by atoms with Gasteiger partial charge >= 0.3 is 0 Å². The summed E-state index contributed by atoms with van der Waals surface area (Å²) in [5, 5.41) is 0. The number of benzene rings is 1. The third-order valence-electron chi connectivity index (χ3n) is 2.62. The van der Waals surface area contributed by atoms with Crippen molar-refractivity contribution in [3.8, 4) is 0 Å². The minimum atomic E-state index is 0.715. The van der Waals surface area contributed by atoms with E-state index in [0.717, 1.165) is 18.7 Å². The number of rotatable bonds is 8. The van der Waals surface area contributed by atoms with Crippen LogP contribution in [0.3, 0.4) is 0 Å². The lowest BCUT2D eigenvalue weighted by Crippen LogP contribution is -2.30. The van der Waals surface area contributed by atoms with Gasteiger partial charge < -0.3 is 14.4 Å². The van der Waals surface area contributed by atoms with Crippen molar-refractivity contribution in [3.05, 3.63) is 36.4 Å². The van der Waals surface area contributed by atoms with Gasteiger partial charge in [-0.15, -0.1) is 0 Å². The maximum Gasteiger partial charge on any atom is 0.0637 e. The Morgan fingerprint density at radius 1 is 1.06 bits per heavy atom. The molecule has 3 heteroatoms. The van der Waals surface area contributed by atoms with E-state index in [1.165, 1.54) is 5.69 Å². The van der Waals surface area contributed by atoms with Crippen molar-refractivity contribution in [3.63, 3.8) is 0 Å². The van der Waals surface area contributed by atoms with Gasteiger partial charge in [-0.1, -0.05) is 24.8 Å². The quantitative estimate of drug-likeness (QED) is 0.690. The molecule has 1 aromatic carbocycles. The van der Waals surface area contributed by atoms with E-state index in [0.29, 0.717) is 13.2 Å². The first-order chi connectivity index (χ1) is 8.31. The van der Waals surface area contributed by atoms with Crippen LogP contribution in [0, 0.1) is 0 Å². The largest absolute Gasteiger partial charge is 0.383 e. The van der Waals surface area contributed by atoms with E-state index >= 15 is 0 Å². The Bertz CT molecular complexity index is 313. The minimum absolute atomic E-state index is 0.715. The fourth-order valence-electron chi connectivity index (χ4n) is 1.59. The Morgan fingerprint density at radius 2 is 1.59 bits per heavy atom. The van der Waals surface area contributed by atoms with E-state index < -0.39 is 0 Å². The molecular weight excluding hydrogens is 214 g/mol. The van der Waals surface area contributed by atoms with Crippen LogP contribution >= 0.6 is 0 Å². The first-order valence-electron chi connectivity index (χ1n) is 5.77. The molecule has 0 radical (unpaired) electrons. The van der Waals surface area contributed by atoms with Crippen molar-refractivity contribution in [2.75, 3.05) is 45.4 Å². The van der Waals surface area contributed by atoms with Gasteiger partial charge in [-0.2, -0.15) is 0 Å². The molecule has 3 nitrogen and oxygen atoms in total. The topological polar surface area (TPSA) is 21.7 Å². The summed E-state index contributed by atoms with van der Waals surface area (Å²) in [5.41, 5.74) is 2.32. The third-order valence-corrected chi connectivity index (χ3v) is 2.62. The molecule has 17 heavy (non-hydrogen) atoms. The molecule has 0 aliphatic heterocycles. The lowest BCUT2D eigenvalue weighted by molar-refractivity contribution is 0.190. The molecule has 94 valence electrons. The molecular formula is C14H21NO2. The van der Waals surface area contributed by atoms with Crippen LogP contribution in [0.4, 0.5) is 5.69 Å². The zero-order valence-corrected chi connectivity index (χ0v) is 10.7. The fraction of sp³-hybridized carbons (Fsp3) is 0.429. The molecule has 0 aliphatic carbocycles. The van der Waals surface area contributed by atoms with Gasteiger partial charge in [-0.3, -0.25) is 0 Å². The molecule has 1 rings (SSSR count). The Balaban J connectivity index is 2.68. The number of nitrogens with zero attached hydrogens (tertiary/aromatic N) is 1. The number of ether oxygens (including phenoxy) is 2. The number of hydrogen-bond acceptors (Lipinski definition) is 3. The van der Waals surface area contributed by atoms with E-state index in [1.54, 1.807) is 14.2 Å². The van der Waals surface area contributed by atoms with Gasteiger partial charge in [0.15, 0.2) is 0 Å². The number of hydrogen-bond donors (Lipinski definition) is 0. The smallest absolute Gasteiger partial charge is 0.0637 e. The van der Waals surface area contributed by atoms with Gasteiger partial charge in [-0.05, 0) is 17.7 Å². The van der Waals surface area contributed by atoms with Crippen molar-refractivity contribution in [2.24, 2.45) is 0 Å². The average Bonchev–Trinajstić information content (AvgIpc) is 2.39. The summed E-state index contributed by atoms with van der Waals surface area (Å²) >= 11 is 0. The second-order valence-electron chi connectivity index (χ2n) is 3.77. The average molecular weight is 235 g/mol. The highest BCUT2D eigenvalue weighted by molar-refractivity contribution is 5.54. The standard InChI is InChI=1S/C14H21NO2/c1-4-13-5-7-14(8-6-13)15(9-11-16-2)10-12-17-3/h4-8H,1,9-12H2,2-3H3. The second kappa shape index (κ2) is 7.87. The van der Waals surface area contributed by atoms with Gasteiger partial charge in [-0.25, -0.2) is 0 Å². The molecule has 0 N–H and O–H groups in total. The molecule has 1 aromatic rings. The maximum absolute atomic E-state index is 5.12. The van der Waals surface area contributed by atoms with Crippen LogP contribution in [-0.4, -0.2) is 40.5 Å². The third kappa shape index (κ3) is 4.59. The maximum atomic E-state index is 5.12. The van der Waals surface area contributed by atoms with E-state index in [4.69, 9.17) is 9.47 Å². The predicted octanol–water partition coefficient (Wildman–Crippen LogP) is 2.43. The van der Waals surface area contributed by atoms with Gasteiger partial charge in [0.25, 0.3) is 0 Å². The molecule has 0 bridgehead atoms. The number of anilines is 1. The highest BCUT2D eigenvalue weighted by Gasteiger charge is 2.05. The van der Waals surface area contributed by atoms with Crippen LogP contribution in [-0.2, 0) is 9.47 Å². The van der Waals surface area contributed by atoms with Crippen LogP contribution in [0.1, 0.15) is 5.56 Å². The molecule has 0 fully saturated rings.